The largest absolute Gasteiger partial charge is 0.480 e. The molecule has 31 heavy (non-hydrogen) atoms. The third kappa shape index (κ3) is 4.13. The van der Waals surface area contributed by atoms with Crippen LogP contribution in [0.25, 0.3) is 0 Å². The maximum Gasteiger partial charge on any atom is 0.341 e. The van der Waals surface area contributed by atoms with Gasteiger partial charge in [0.05, 0.1) is 5.69 Å². The Hall–Kier alpha value is -2.61. The van der Waals surface area contributed by atoms with Crippen molar-refractivity contribution in [2.75, 3.05) is 32.1 Å². The van der Waals surface area contributed by atoms with E-state index in [4.69, 9.17) is 9.84 Å². The zero-order valence-electron chi connectivity index (χ0n) is 18.1. The fourth-order valence-corrected chi connectivity index (χ4v) is 5.17. The average Bonchev–Trinajstić information content (AvgIpc) is 3.09. The summed E-state index contributed by atoms with van der Waals surface area (Å²) in [5, 5.41) is 23.2. The maximum atomic E-state index is 10.9. The minimum absolute atomic E-state index is 0.0188. The number of rotatable bonds is 6. The molecule has 0 amide bonds. The molecule has 7 heteroatoms. The van der Waals surface area contributed by atoms with Crippen molar-refractivity contribution in [3.8, 4) is 5.75 Å². The van der Waals surface area contributed by atoms with Crippen LogP contribution in [0.15, 0.2) is 54.6 Å². The molecule has 1 spiro atoms. The van der Waals surface area contributed by atoms with E-state index in [0.29, 0.717) is 18.0 Å². The van der Waals surface area contributed by atoms with Crippen molar-refractivity contribution >= 4 is 11.7 Å². The lowest BCUT2D eigenvalue weighted by molar-refractivity contribution is -0.139. The zero-order valence-corrected chi connectivity index (χ0v) is 18.1. The van der Waals surface area contributed by atoms with Gasteiger partial charge in [-0.15, -0.1) is 0 Å². The van der Waals surface area contributed by atoms with Gasteiger partial charge in [-0.05, 0) is 57.5 Å². The molecule has 1 aliphatic heterocycles. The Balaban J connectivity index is 1.53. The highest BCUT2D eigenvalue weighted by Crippen LogP contribution is 2.47. The van der Waals surface area contributed by atoms with Gasteiger partial charge in [0.1, 0.15) is 5.75 Å². The summed E-state index contributed by atoms with van der Waals surface area (Å²) in [7, 11) is 4.29. The van der Waals surface area contributed by atoms with Gasteiger partial charge in [-0.2, -0.15) is 0 Å². The molecule has 1 atom stereocenters. The second-order valence-electron chi connectivity index (χ2n) is 8.87. The Kier molecular flexibility index (Phi) is 5.92. The van der Waals surface area contributed by atoms with E-state index in [1.165, 1.54) is 5.56 Å². The number of hydrogen-bond acceptors (Lipinski definition) is 6. The van der Waals surface area contributed by atoms with E-state index >= 15 is 0 Å². The van der Waals surface area contributed by atoms with E-state index in [0.717, 1.165) is 25.7 Å². The molecule has 166 valence electrons. The smallest absolute Gasteiger partial charge is 0.341 e. The molecule has 0 aromatic heterocycles. The first-order valence-electron chi connectivity index (χ1n) is 10.7. The fourth-order valence-electron chi connectivity index (χ4n) is 5.17. The van der Waals surface area contributed by atoms with Crippen LogP contribution < -0.4 is 15.0 Å². The van der Waals surface area contributed by atoms with E-state index in [9.17, 15) is 9.90 Å². The Labute approximate surface area is 183 Å². The van der Waals surface area contributed by atoms with Gasteiger partial charge in [-0.3, -0.25) is 10.2 Å². The lowest BCUT2D eigenvalue weighted by Gasteiger charge is -2.49. The van der Waals surface area contributed by atoms with Crippen LogP contribution in [0.4, 0.5) is 5.69 Å². The van der Waals surface area contributed by atoms with Crippen LogP contribution in [0.5, 0.6) is 5.75 Å². The number of benzene rings is 2. The summed E-state index contributed by atoms with van der Waals surface area (Å²) in [6.07, 6.45) is 2.96. The predicted octanol–water partition coefficient (Wildman–Crippen LogP) is 2.61. The van der Waals surface area contributed by atoms with Gasteiger partial charge in [0.25, 0.3) is 0 Å². The summed E-state index contributed by atoms with van der Waals surface area (Å²) in [5.41, 5.74) is 1.81. The summed E-state index contributed by atoms with van der Waals surface area (Å²) in [5.74, 6) is -0.565. The van der Waals surface area contributed by atoms with Gasteiger partial charge in [-0.25, -0.2) is 4.79 Å². The maximum absolute atomic E-state index is 10.9. The first-order chi connectivity index (χ1) is 14.9. The van der Waals surface area contributed by atoms with Crippen LogP contribution in [0.3, 0.4) is 0 Å². The van der Waals surface area contributed by atoms with Crippen molar-refractivity contribution in [3.63, 3.8) is 0 Å². The number of carbonyl (C=O) groups is 1. The van der Waals surface area contributed by atoms with Crippen LogP contribution >= 0.6 is 0 Å². The molecule has 1 saturated carbocycles. The molecule has 7 nitrogen and oxygen atoms in total. The number of aliphatic hydroxyl groups excluding tert-OH is 1. The number of ether oxygens (including phenoxy) is 1. The molecule has 1 unspecified atom stereocenters. The van der Waals surface area contributed by atoms with E-state index < -0.39 is 18.9 Å². The quantitative estimate of drug-likeness (QED) is 0.656. The number of para-hydroxylation sites is 2. The highest BCUT2D eigenvalue weighted by Gasteiger charge is 2.50. The number of carboxylic acid groups (broad SMARTS) is 1. The number of aliphatic hydroxyl groups is 1. The highest BCUT2D eigenvalue weighted by molar-refractivity contribution is 5.69. The topological polar surface area (TPSA) is 85.3 Å². The molecule has 2 aromatic rings. The first kappa shape index (κ1) is 21.6. The van der Waals surface area contributed by atoms with E-state index in [1.807, 2.05) is 23.1 Å². The van der Waals surface area contributed by atoms with Crippen LogP contribution in [-0.4, -0.2) is 60.2 Å². The minimum Gasteiger partial charge on any atom is -0.480 e. The number of anilines is 1. The van der Waals surface area contributed by atoms with Gasteiger partial charge in [0, 0.05) is 17.6 Å². The van der Waals surface area contributed by atoms with Gasteiger partial charge in [0.15, 0.2) is 13.0 Å². The summed E-state index contributed by atoms with van der Waals surface area (Å²) in [6.45, 7) is 0.224. The number of nitrogens with zero attached hydrogens (tertiary/aromatic N) is 2. The number of hydrogen-bond donors (Lipinski definition) is 3. The second-order valence-corrected chi connectivity index (χ2v) is 8.87. The van der Waals surface area contributed by atoms with Crippen molar-refractivity contribution in [1.82, 2.24) is 10.2 Å². The van der Waals surface area contributed by atoms with Gasteiger partial charge >= 0.3 is 5.97 Å². The van der Waals surface area contributed by atoms with Crippen molar-refractivity contribution in [1.29, 1.82) is 0 Å². The van der Waals surface area contributed by atoms with Crippen molar-refractivity contribution < 1.29 is 19.7 Å². The molecule has 1 saturated heterocycles. The molecule has 4 rings (SSSR count). The minimum atomic E-state index is -1.03. The monoisotopic (exact) mass is 425 g/mol. The third-order valence-corrected chi connectivity index (χ3v) is 6.93. The Bertz CT molecular complexity index is 910. The molecule has 2 fully saturated rings. The summed E-state index contributed by atoms with van der Waals surface area (Å²) in [4.78, 5) is 15.1. The fraction of sp³-hybridized carbons (Fsp3) is 0.458. The SMILES string of the molecule is CN(C)C1(c2ccccc2)CCC2(CC1)CN(c1ccccc1OCC(=O)O)C(O)N2. The third-order valence-electron chi connectivity index (χ3n) is 6.93. The summed E-state index contributed by atoms with van der Waals surface area (Å²) in [6, 6.07) is 17.9. The molecule has 1 aliphatic carbocycles. The zero-order chi connectivity index (χ0) is 22.1. The van der Waals surface area contributed by atoms with E-state index in [2.05, 4.69) is 48.6 Å². The first-order valence-corrected chi connectivity index (χ1v) is 10.7. The van der Waals surface area contributed by atoms with Crippen LogP contribution in [0, 0.1) is 0 Å². The average molecular weight is 426 g/mol. The summed E-state index contributed by atoms with van der Waals surface area (Å²) >= 11 is 0. The molecule has 0 bridgehead atoms. The highest BCUT2D eigenvalue weighted by atomic mass is 16.5. The lowest BCUT2D eigenvalue weighted by Crippen LogP contribution is -2.54. The van der Waals surface area contributed by atoms with Crippen LogP contribution in [0.1, 0.15) is 31.2 Å². The Morgan fingerprint density at radius 3 is 2.39 bits per heavy atom. The molecule has 3 N–H and O–H groups in total. The van der Waals surface area contributed by atoms with Gasteiger partial charge < -0.3 is 19.8 Å². The summed E-state index contributed by atoms with van der Waals surface area (Å²) < 4.78 is 5.47. The molecular weight excluding hydrogens is 394 g/mol. The van der Waals surface area contributed by atoms with Crippen molar-refractivity contribution in [2.45, 2.75) is 43.1 Å². The molecule has 1 heterocycles. The standard InChI is InChI=1S/C24H31N3O4/c1-26(2)24(18-8-4-3-5-9-18)14-12-23(13-15-24)17-27(22(30)25-23)19-10-6-7-11-20(19)31-16-21(28)29/h3-11,22,25,30H,12-17H2,1-2H3,(H,28,29). The van der Waals surface area contributed by atoms with Crippen LogP contribution in [-0.2, 0) is 10.3 Å². The Morgan fingerprint density at radius 1 is 1.10 bits per heavy atom. The molecular formula is C24H31N3O4. The van der Waals surface area contributed by atoms with Crippen LogP contribution in [0.2, 0.25) is 0 Å². The van der Waals surface area contributed by atoms with Gasteiger partial charge in [-0.1, -0.05) is 42.5 Å². The van der Waals surface area contributed by atoms with E-state index in [-0.39, 0.29) is 11.1 Å². The Morgan fingerprint density at radius 2 is 1.74 bits per heavy atom. The predicted molar refractivity (Wildman–Crippen MR) is 119 cm³/mol. The van der Waals surface area contributed by atoms with Crippen molar-refractivity contribution in [2.24, 2.45) is 0 Å². The molecule has 2 aromatic carbocycles. The van der Waals surface area contributed by atoms with E-state index in [1.54, 1.807) is 12.1 Å². The molecule has 0 radical (unpaired) electrons. The van der Waals surface area contributed by atoms with Gasteiger partial charge in [0.2, 0.25) is 0 Å². The normalized spacial score (nSPS) is 28.3. The lowest BCUT2D eigenvalue weighted by atomic mass is 9.69. The number of carboxylic acids is 1. The molecule has 2 aliphatic rings. The van der Waals surface area contributed by atoms with Crippen molar-refractivity contribution in [3.05, 3.63) is 60.2 Å². The number of aliphatic carboxylic acids is 1. The second kappa shape index (κ2) is 8.49. The number of nitrogens with one attached hydrogen (secondary N) is 1.